The summed E-state index contributed by atoms with van der Waals surface area (Å²) >= 11 is 0. The lowest BCUT2D eigenvalue weighted by atomic mass is 9.80. The number of carbonyl (C=O) groups excluding carboxylic acids is 2. The summed E-state index contributed by atoms with van der Waals surface area (Å²) in [7, 11) is 0. The summed E-state index contributed by atoms with van der Waals surface area (Å²) < 4.78 is 12.7. The van der Waals surface area contributed by atoms with E-state index in [1.165, 1.54) is 4.57 Å². The van der Waals surface area contributed by atoms with Crippen molar-refractivity contribution in [2.24, 2.45) is 0 Å². The standard InChI is InChI=1S/C49H46N2O6/c1-3-5-7-9-13-31(14-10-8-6-4-2)51-45(52)35-23-22-33-32-15-11-12-29-20-21-34-41(38(29)32)42-36(26-37(46(51)53)39(35)40(33)42)44-43(34)47(54)50(48(44)55)27-28-16-18-30(19-17-28)49-56-24-25-57-49/h11-12,15-23,26,31,49H,3-10,13-14,24-25,27H2,1-2H3. The number of imide groups is 1. The Kier molecular flexibility index (Phi) is 8.94. The van der Waals surface area contributed by atoms with Crippen molar-refractivity contribution >= 4 is 76.4 Å². The number of benzene rings is 7. The van der Waals surface area contributed by atoms with E-state index < -0.39 is 6.29 Å². The summed E-state index contributed by atoms with van der Waals surface area (Å²) in [6, 6.07) is 23.4. The van der Waals surface area contributed by atoms with Gasteiger partial charge in [-0.05, 0) is 79.0 Å². The van der Waals surface area contributed by atoms with Crippen LogP contribution in [0.1, 0.15) is 116 Å². The van der Waals surface area contributed by atoms with Gasteiger partial charge in [-0.2, -0.15) is 0 Å². The summed E-state index contributed by atoms with van der Waals surface area (Å²) in [6.45, 7) is 5.55. The van der Waals surface area contributed by atoms with Crippen LogP contribution in [0.2, 0.25) is 0 Å². The molecule has 7 aromatic carbocycles. The van der Waals surface area contributed by atoms with Gasteiger partial charge in [-0.1, -0.05) is 126 Å². The second-order valence-corrected chi connectivity index (χ2v) is 16.2. The molecule has 3 heterocycles. The van der Waals surface area contributed by atoms with Gasteiger partial charge in [0.15, 0.2) is 6.29 Å². The van der Waals surface area contributed by atoms with Gasteiger partial charge in [0.25, 0.3) is 22.9 Å². The summed E-state index contributed by atoms with van der Waals surface area (Å²) in [6.07, 6.45) is 9.60. The second-order valence-electron chi connectivity index (χ2n) is 16.2. The molecule has 2 aliphatic heterocycles. The molecule has 2 amide bonds. The minimum atomic E-state index is -0.419. The highest BCUT2D eigenvalue weighted by molar-refractivity contribution is 6.47. The monoisotopic (exact) mass is 758 g/mol. The highest BCUT2D eigenvalue weighted by atomic mass is 16.7. The number of hydrogen-bond acceptors (Lipinski definition) is 6. The fraction of sp³-hybridized carbons (Fsp3) is 0.347. The molecule has 10 rings (SSSR count). The van der Waals surface area contributed by atoms with Crippen molar-refractivity contribution in [3.8, 4) is 0 Å². The van der Waals surface area contributed by atoms with Crippen LogP contribution < -0.4 is 11.1 Å². The van der Waals surface area contributed by atoms with E-state index in [0.29, 0.717) is 51.3 Å². The maximum Gasteiger partial charge on any atom is 0.262 e. The Morgan fingerprint density at radius 3 is 1.89 bits per heavy atom. The summed E-state index contributed by atoms with van der Waals surface area (Å²) in [5, 5.41) is 9.15. The molecule has 0 aliphatic carbocycles. The Morgan fingerprint density at radius 2 is 1.19 bits per heavy atom. The molecule has 0 unspecified atom stereocenters. The first-order valence-electron chi connectivity index (χ1n) is 20.9. The zero-order chi connectivity index (χ0) is 38.9. The molecule has 0 bridgehead atoms. The molecule has 8 heteroatoms. The Morgan fingerprint density at radius 1 is 0.579 bits per heavy atom. The third-order valence-corrected chi connectivity index (χ3v) is 12.8. The number of hydrogen-bond donors (Lipinski definition) is 0. The van der Waals surface area contributed by atoms with E-state index in [9.17, 15) is 14.4 Å². The number of aromatic nitrogens is 1. The van der Waals surface area contributed by atoms with Gasteiger partial charge in [-0.25, -0.2) is 0 Å². The highest BCUT2D eigenvalue weighted by Crippen LogP contribution is 2.50. The maximum absolute atomic E-state index is 15.1. The molecule has 0 N–H and O–H groups in total. The number of carbonyl (C=O) groups is 2. The molecule has 8 aromatic rings. The number of nitrogens with zero attached hydrogens (tertiary/aromatic N) is 2. The minimum absolute atomic E-state index is 0.0929. The van der Waals surface area contributed by atoms with E-state index in [1.54, 1.807) is 4.90 Å². The molecule has 1 aromatic heterocycles. The lowest BCUT2D eigenvalue weighted by Crippen LogP contribution is -2.47. The molecular weight excluding hydrogens is 713 g/mol. The average Bonchev–Trinajstić information content (AvgIpc) is 3.86. The maximum atomic E-state index is 15.1. The van der Waals surface area contributed by atoms with Gasteiger partial charge in [-0.15, -0.1) is 0 Å². The third-order valence-electron chi connectivity index (χ3n) is 12.8. The van der Waals surface area contributed by atoms with Gasteiger partial charge in [0.1, 0.15) is 0 Å². The first-order valence-corrected chi connectivity index (χ1v) is 20.9. The summed E-state index contributed by atoms with van der Waals surface area (Å²) in [4.78, 5) is 60.8. The zero-order valence-corrected chi connectivity index (χ0v) is 32.6. The fourth-order valence-electron chi connectivity index (χ4n) is 10.1. The number of rotatable bonds is 14. The van der Waals surface area contributed by atoms with Crippen molar-refractivity contribution in [2.45, 2.75) is 96.9 Å². The highest BCUT2D eigenvalue weighted by Gasteiger charge is 2.39. The molecule has 288 valence electrons. The molecule has 0 atom stereocenters. The van der Waals surface area contributed by atoms with Crippen LogP contribution in [0, 0.1) is 0 Å². The molecule has 0 radical (unpaired) electrons. The fourth-order valence-corrected chi connectivity index (χ4v) is 10.1. The van der Waals surface area contributed by atoms with E-state index >= 15 is 4.79 Å². The van der Waals surface area contributed by atoms with E-state index in [1.807, 2.05) is 60.7 Å². The number of ether oxygens (including phenoxy) is 2. The Balaban J connectivity index is 1.20. The van der Waals surface area contributed by atoms with Crippen LogP contribution >= 0.6 is 0 Å². The minimum Gasteiger partial charge on any atom is -0.346 e. The van der Waals surface area contributed by atoms with Crippen LogP contribution in [-0.2, 0) is 16.0 Å². The normalized spacial score (nSPS) is 15.2. The van der Waals surface area contributed by atoms with Gasteiger partial charge >= 0.3 is 0 Å². The SMILES string of the molecule is CCCCCCC(CCCCCC)N1C(=O)c2ccc3c4cccc5ccc6c7c(=O)n(Cc8ccc(C9OCCO9)cc8)c(=O)c7c7cc(c2c3c7c6c54)C1=O. The van der Waals surface area contributed by atoms with E-state index in [2.05, 4.69) is 26.0 Å². The van der Waals surface area contributed by atoms with E-state index in [4.69, 9.17) is 9.47 Å². The van der Waals surface area contributed by atoms with Crippen LogP contribution in [0.4, 0.5) is 0 Å². The first-order chi connectivity index (χ1) is 27.9. The predicted octanol–water partition coefficient (Wildman–Crippen LogP) is 10.4. The Labute approximate surface area is 330 Å². The molecule has 1 fully saturated rings. The summed E-state index contributed by atoms with van der Waals surface area (Å²) in [5.41, 5.74) is 1.91. The van der Waals surface area contributed by atoms with Crippen molar-refractivity contribution in [1.82, 2.24) is 9.47 Å². The molecule has 1 saturated heterocycles. The smallest absolute Gasteiger partial charge is 0.262 e. The molecule has 0 spiro atoms. The second kappa shape index (κ2) is 14.2. The van der Waals surface area contributed by atoms with Gasteiger partial charge in [0, 0.05) is 28.1 Å². The van der Waals surface area contributed by atoms with E-state index in [-0.39, 0.29) is 35.5 Å². The van der Waals surface area contributed by atoms with Gasteiger partial charge in [-0.3, -0.25) is 28.6 Å². The largest absolute Gasteiger partial charge is 0.346 e. The molecule has 57 heavy (non-hydrogen) atoms. The topological polar surface area (TPSA) is 94.9 Å². The molecule has 8 nitrogen and oxygen atoms in total. The Hall–Kier alpha value is -5.44. The molecule has 2 aliphatic rings. The van der Waals surface area contributed by atoms with Crippen LogP contribution in [0.5, 0.6) is 0 Å². The van der Waals surface area contributed by atoms with Crippen LogP contribution in [0.15, 0.2) is 82.4 Å². The number of unbranched alkanes of at least 4 members (excludes halogenated alkanes) is 6. The number of fused-ring (bicyclic) bond motifs is 4. The average molecular weight is 759 g/mol. The van der Waals surface area contributed by atoms with Crippen molar-refractivity contribution < 1.29 is 19.1 Å². The van der Waals surface area contributed by atoms with Crippen LogP contribution in [0.3, 0.4) is 0 Å². The lowest BCUT2D eigenvalue weighted by Gasteiger charge is -2.35. The van der Waals surface area contributed by atoms with Crippen molar-refractivity contribution in [3.63, 3.8) is 0 Å². The molecular formula is C49H46N2O6. The van der Waals surface area contributed by atoms with Gasteiger partial charge in [0.05, 0.1) is 30.5 Å². The van der Waals surface area contributed by atoms with E-state index in [0.717, 1.165) is 113 Å². The summed E-state index contributed by atoms with van der Waals surface area (Å²) in [5.74, 6) is -0.546. The van der Waals surface area contributed by atoms with Crippen molar-refractivity contribution in [3.05, 3.63) is 116 Å². The number of amides is 2. The van der Waals surface area contributed by atoms with Crippen molar-refractivity contribution in [1.29, 1.82) is 0 Å². The predicted molar refractivity (Wildman–Crippen MR) is 228 cm³/mol. The van der Waals surface area contributed by atoms with Crippen molar-refractivity contribution in [2.75, 3.05) is 13.2 Å². The first kappa shape index (κ1) is 35.9. The Bertz CT molecular complexity index is 2950. The molecule has 0 saturated carbocycles. The lowest BCUT2D eigenvalue weighted by molar-refractivity contribution is -0.0441. The van der Waals surface area contributed by atoms with Crippen LogP contribution in [0.25, 0.3) is 64.6 Å². The van der Waals surface area contributed by atoms with Gasteiger partial charge in [0.2, 0.25) is 0 Å². The van der Waals surface area contributed by atoms with Crippen LogP contribution in [-0.4, -0.2) is 40.5 Å². The third kappa shape index (κ3) is 5.48. The quantitative estimate of drug-likeness (QED) is 0.0474. The zero-order valence-electron chi connectivity index (χ0n) is 32.6. The van der Waals surface area contributed by atoms with Gasteiger partial charge < -0.3 is 9.47 Å².